The highest BCUT2D eigenvalue weighted by Crippen LogP contribution is 2.36. The Morgan fingerprint density at radius 1 is 1.20 bits per heavy atom. The van der Waals surface area contributed by atoms with E-state index in [1.165, 1.54) is 4.90 Å². The Balaban J connectivity index is 2.02. The summed E-state index contributed by atoms with van der Waals surface area (Å²) in [6.45, 7) is 4.79. The fourth-order valence-electron chi connectivity index (χ4n) is 3.12. The molecular weight excluding hydrogens is 511 g/mol. The Morgan fingerprint density at radius 2 is 1.90 bits per heavy atom. The van der Waals surface area contributed by atoms with Gasteiger partial charge in [-0.15, -0.1) is 0 Å². The first-order chi connectivity index (χ1) is 14.4. The number of anilines is 1. The van der Waals surface area contributed by atoms with Crippen molar-refractivity contribution in [1.29, 1.82) is 0 Å². The third kappa shape index (κ3) is 4.62. The molecule has 158 valence electrons. The molecule has 2 aromatic rings. The first kappa shape index (κ1) is 22.6. The van der Waals surface area contributed by atoms with Gasteiger partial charge in [0.05, 0.1) is 17.3 Å². The van der Waals surface area contributed by atoms with Crippen LogP contribution in [-0.2, 0) is 4.79 Å². The average Bonchev–Trinajstić information content (AvgIpc) is 2.94. The van der Waals surface area contributed by atoms with E-state index in [4.69, 9.17) is 21.7 Å². The summed E-state index contributed by atoms with van der Waals surface area (Å²) in [7, 11) is 3.32. The van der Waals surface area contributed by atoms with E-state index in [1.807, 2.05) is 54.3 Å². The van der Waals surface area contributed by atoms with Crippen molar-refractivity contribution in [1.82, 2.24) is 4.90 Å². The Hall–Kier alpha value is -2.13. The van der Waals surface area contributed by atoms with Crippen LogP contribution in [0.2, 0.25) is 0 Å². The lowest BCUT2D eigenvalue weighted by atomic mass is 10.1. The van der Waals surface area contributed by atoms with Crippen molar-refractivity contribution in [2.24, 2.45) is 0 Å². The van der Waals surface area contributed by atoms with Gasteiger partial charge in [-0.2, -0.15) is 0 Å². The van der Waals surface area contributed by atoms with Gasteiger partial charge in [-0.05, 0) is 84.1 Å². The summed E-state index contributed by atoms with van der Waals surface area (Å²) in [5.41, 5.74) is 3.35. The quantitative estimate of drug-likeness (QED) is 0.206. The molecule has 1 fully saturated rings. The SMILES string of the molecule is CCCCOc1c(I)cc(/C=C2/C(=O)N(C)C(=S)N2c2ccc(C)cc2)cc1OC. The second-order valence-corrected chi connectivity index (χ2v) is 8.61. The molecule has 7 heteroatoms. The number of nitrogens with zero attached hydrogens (tertiary/aromatic N) is 2. The van der Waals surface area contributed by atoms with E-state index in [-0.39, 0.29) is 5.91 Å². The Bertz CT molecular complexity index is 989. The third-order valence-electron chi connectivity index (χ3n) is 4.83. The predicted octanol–water partition coefficient (Wildman–Crippen LogP) is 5.39. The van der Waals surface area contributed by atoms with Gasteiger partial charge in [-0.1, -0.05) is 31.0 Å². The van der Waals surface area contributed by atoms with Gasteiger partial charge in [0.1, 0.15) is 5.70 Å². The number of aryl methyl sites for hydroxylation is 1. The summed E-state index contributed by atoms with van der Waals surface area (Å²) < 4.78 is 12.4. The number of hydrogen-bond donors (Lipinski definition) is 0. The summed E-state index contributed by atoms with van der Waals surface area (Å²) in [5.74, 6) is 1.24. The Kier molecular flexibility index (Phi) is 7.36. The van der Waals surface area contributed by atoms with Gasteiger partial charge in [-0.25, -0.2) is 0 Å². The number of benzene rings is 2. The van der Waals surface area contributed by atoms with Crippen LogP contribution >= 0.6 is 34.8 Å². The molecule has 1 saturated heterocycles. The summed E-state index contributed by atoms with van der Waals surface area (Å²) in [6, 6.07) is 11.8. The number of thiocarbonyl (C=S) groups is 1. The molecule has 0 saturated carbocycles. The highest BCUT2D eigenvalue weighted by Gasteiger charge is 2.36. The first-order valence-corrected chi connectivity index (χ1v) is 11.3. The standard InChI is InChI=1S/C23H25IN2O3S/c1-5-6-11-29-21-18(24)12-16(14-20(21)28-4)13-19-22(27)25(3)23(30)26(19)17-9-7-15(2)8-10-17/h7-10,12-14H,5-6,11H2,1-4H3/b19-13-. The minimum atomic E-state index is -0.141. The van der Waals surface area contributed by atoms with Crippen molar-refractivity contribution >= 4 is 57.6 Å². The lowest BCUT2D eigenvalue weighted by Crippen LogP contribution is -2.29. The minimum Gasteiger partial charge on any atom is -0.493 e. The van der Waals surface area contributed by atoms with Crippen LogP contribution in [0, 0.1) is 10.5 Å². The highest BCUT2D eigenvalue weighted by molar-refractivity contribution is 14.1. The van der Waals surface area contributed by atoms with E-state index in [2.05, 4.69) is 29.5 Å². The van der Waals surface area contributed by atoms with Gasteiger partial charge < -0.3 is 9.47 Å². The van der Waals surface area contributed by atoms with Gasteiger partial charge in [-0.3, -0.25) is 14.6 Å². The van der Waals surface area contributed by atoms with E-state index in [0.717, 1.165) is 39.0 Å². The Labute approximate surface area is 196 Å². The van der Waals surface area contributed by atoms with Crippen LogP contribution < -0.4 is 14.4 Å². The molecule has 0 aromatic heterocycles. The molecule has 0 aliphatic carbocycles. The van der Waals surface area contributed by atoms with Gasteiger partial charge in [0.15, 0.2) is 16.6 Å². The van der Waals surface area contributed by atoms with Gasteiger partial charge >= 0.3 is 0 Å². The van der Waals surface area contributed by atoms with Gasteiger partial charge in [0, 0.05) is 12.7 Å². The number of rotatable bonds is 7. The smallest absolute Gasteiger partial charge is 0.276 e. The summed E-state index contributed by atoms with van der Waals surface area (Å²) >= 11 is 7.79. The lowest BCUT2D eigenvalue weighted by Gasteiger charge is -2.19. The molecule has 0 radical (unpaired) electrons. The first-order valence-electron chi connectivity index (χ1n) is 9.78. The average molecular weight is 536 g/mol. The van der Waals surface area contributed by atoms with Crippen LogP contribution in [0.5, 0.6) is 11.5 Å². The van der Waals surface area contributed by atoms with Crippen molar-refractivity contribution in [3.05, 3.63) is 56.8 Å². The van der Waals surface area contributed by atoms with Crippen LogP contribution in [-0.4, -0.2) is 36.7 Å². The highest BCUT2D eigenvalue weighted by atomic mass is 127. The van der Waals surface area contributed by atoms with Crippen molar-refractivity contribution in [2.75, 3.05) is 25.7 Å². The molecule has 1 aliphatic rings. The second-order valence-electron chi connectivity index (χ2n) is 7.08. The third-order valence-corrected chi connectivity index (χ3v) is 6.09. The fraction of sp³-hybridized carbons (Fsp3) is 0.304. The zero-order valence-electron chi connectivity index (χ0n) is 17.6. The van der Waals surface area contributed by atoms with Crippen LogP contribution in [0.1, 0.15) is 30.9 Å². The summed E-state index contributed by atoms with van der Waals surface area (Å²) in [6.07, 6.45) is 3.89. The van der Waals surface area contributed by atoms with Crippen molar-refractivity contribution < 1.29 is 14.3 Å². The number of methoxy groups -OCH3 is 1. The summed E-state index contributed by atoms with van der Waals surface area (Å²) in [4.78, 5) is 16.2. The van der Waals surface area contributed by atoms with Crippen LogP contribution in [0.25, 0.3) is 6.08 Å². The van der Waals surface area contributed by atoms with Crippen molar-refractivity contribution in [3.63, 3.8) is 0 Å². The lowest BCUT2D eigenvalue weighted by molar-refractivity contribution is -0.121. The molecule has 3 rings (SSSR count). The largest absolute Gasteiger partial charge is 0.493 e. The number of halogens is 1. The zero-order chi connectivity index (χ0) is 21.8. The number of carbonyl (C=O) groups excluding carboxylic acids is 1. The number of hydrogen-bond acceptors (Lipinski definition) is 4. The zero-order valence-corrected chi connectivity index (χ0v) is 20.5. The molecule has 1 aliphatic heterocycles. The van der Waals surface area contributed by atoms with E-state index in [0.29, 0.717) is 23.2 Å². The molecule has 2 aromatic carbocycles. The molecule has 5 nitrogen and oxygen atoms in total. The maximum Gasteiger partial charge on any atom is 0.276 e. The van der Waals surface area contributed by atoms with E-state index in [1.54, 1.807) is 14.2 Å². The summed E-state index contributed by atoms with van der Waals surface area (Å²) in [5, 5.41) is 0.455. The maximum atomic E-state index is 12.9. The van der Waals surface area contributed by atoms with Crippen molar-refractivity contribution in [2.45, 2.75) is 26.7 Å². The number of amides is 1. The molecule has 0 spiro atoms. The van der Waals surface area contributed by atoms with Gasteiger partial charge in [0.25, 0.3) is 5.91 Å². The molecule has 1 heterocycles. The number of unbranched alkanes of at least 4 members (excludes halogenated alkanes) is 1. The maximum absolute atomic E-state index is 12.9. The van der Waals surface area contributed by atoms with E-state index < -0.39 is 0 Å². The monoisotopic (exact) mass is 536 g/mol. The molecule has 30 heavy (non-hydrogen) atoms. The van der Waals surface area contributed by atoms with Gasteiger partial charge in [0.2, 0.25) is 0 Å². The minimum absolute atomic E-state index is 0.141. The molecule has 0 unspecified atom stereocenters. The van der Waals surface area contributed by atoms with Crippen LogP contribution in [0.3, 0.4) is 0 Å². The molecule has 0 N–H and O–H groups in total. The second kappa shape index (κ2) is 9.78. The Morgan fingerprint density at radius 3 is 2.53 bits per heavy atom. The molecular formula is C23H25IN2O3S. The molecule has 1 amide bonds. The van der Waals surface area contributed by atoms with Crippen LogP contribution in [0.4, 0.5) is 5.69 Å². The predicted molar refractivity (Wildman–Crippen MR) is 133 cm³/mol. The fourth-order valence-corrected chi connectivity index (χ4v) is 4.18. The van der Waals surface area contributed by atoms with E-state index in [9.17, 15) is 4.79 Å². The topological polar surface area (TPSA) is 42.0 Å². The van der Waals surface area contributed by atoms with E-state index >= 15 is 0 Å². The van der Waals surface area contributed by atoms with Crippen LogP contribution in [0.15, 0.2) is 42.1 Å². The number of ether oxygens (including phenoxy) is 2. The molecule has 0 atom stereocenters. The molecule has 0 bridgehead atoms. The number of carbonyl (C=O) groups is 1. The number of likely N-dealkylation sites (N-methyl/N-ethyl adjacent to an activating group) is 1. The van der Waals surface area contributed by atoms with Crippen molar-refractivity contribution in [3.8, 4) is 11.5 Å². The normalized spacial score (nSPS) is 15.3.